The van der Waals surface area contributed by atoms with E-state index in [2.05, 4.69) is 9.97 Å². The van der Waals surface area contributed by atoms with Crippen LogP contribution in [-0.4, -0.2) is 58.6 Å². The second-order valence-corrected chi connectivity index (χ2v) is 6.51. The summed E-state index contributed by atoms with van der Waals surface area (Å²) in [4.78, 5) is 20.6. The van der Waals surface area contributed by atoms with Gasteiger partial charge in [-0.25, -0.2) is 0 Å². The van der Waals surface area contributed by atoms with E-state index in [9.17, 15) is 9.90 Å². The molecule has 9 heteroatoms. The molecular formula is C14H20N4O5. The number of nitrogens with one attached hydrogen (secondary N) is 1. The quantitative estimate of drug-likeness (QED) is 0.630. The lowest BCUT2D eigenvalue weighted by Crippen LogP contribution is -2.44. The lowest BCUT2D eigenvalue weighted by atomic mass is 10.1. The molecule has 3 aliphatic heterocycles. The van der Waals surface area contributed by atoms with Gasteiger partial charge < -0.3 is 30.0 Å². The van der Waals surface area contributed by atoms with E-state index in [-0.39, 0.29) is 30.3 Å². The van der Waals surface area contributed by atoms with Crippen molar-refractivity contribution in [2.24, 2.45) is 0 Å². The van der Waals surface area contributed by atoms with Crippen molar-refractivity contribution in [3.05, 3.63) is 15.9 Å². The Morgan fingerprint density at radius 2 is 2.17 bits per heavy atom. The van der Waals surface area contributed by atoms with E-state index in [0.717, 1.165) is 0 Å². The van der Waals surface area contributed by atoms with E-state index in [4.69, 9.17) is 19.9 Å². The molecule has 0 aromatic carbocycles. The molecule has 0 spiro atoms. The number of nitrogen functional groups attached to an aromatic ring is 1. The van der Waals surface area contributed by atoms with Gasteiger partial charge in [0.25, 0.3) is 5.56 Å². The predicted octanol–water partition coefficient (Wildman–Crippen LogP) is -1.05. The standard InChI is InChI=1S/C14H20N4O5/c1-14(2)22-8-7(5-19)21-12(9(8)23-14)18-4-3-6-10(18)16-13(15)17-11(6)20/h7-9,12,19H,3-5H2,1-2H3,(H3,15,16,17,20)/t7-,8-,9-,12-/m1/s1. The summed E-state index contributed by atoms with van der Waals surface area (Å²) in [6.07, 6.45) is -1.12. The van der Waals surface area contributed by atoms with Gasteiger partial charge in [0.05, 0.1) is 12.2 Å². The molecule has 0 unspecified atom stereocenters. The number of hydrogen-bond donors (Lipinski definition) is 3. The van der Waals surface area contributed by atoms with Gasteiger partial charge >= 0.3 is 0 Å². The van der Waals surface area contributed by atoms with Crippen LogP contribution in [0.3, 0.4) is 0 Å². The topological polar surface area (TPSA) is 123 Å². The molecule has 2 saturated heterocycles. The van der Waals surface area contributed by atoms with Gasteiger partial charge in [-0.1, -0.05) is 0 Å². The minimum atomic E-state index is -0.742. The van der Waals surface area contributed by atoms with Gasteiger partial charge in [-0.05, 0) is 20.3 Å². The fraction of sp³-hybridized carbons (Fsp3) is 0.714. The fourth-order valence-electron chi connectivity index (χ4n) is 3.61. The first kappa shape index (κ1) is 14.9. The van der Waals surface area contributed by atoms with E-state index in [1.54, 1.807) is 0 Å². The molecule has 2 fully saturated rings. The molecule has 23 heavy (non-hydrogen) atoms. The number of nitrogens with two attached hydrogens (primary N) is 1. The first-order valence-corrected chi connectivity index (χ1v) is 7.67. The molecule has 0 amide bonds. The molecule has 0 radical (unpaired) electrons. The van der Waals surface area contributed by atoms with Crippen LogP contribution in [0.2, 0.25) is 0 Å². The van der Waals surface area contributed by atoms with Crippen molar-refractivity contribution < 1.29 is 19.3 Å². The molecule has 4 atom stereocenters. The first-order chi connectivity index (χ1) is 10.9. The summed E-state index contributed by atoms with van der Waals surface area (Å²) in [6.45, 7) is 4.07. The second kappa shape index (κ2) is 4.91. The van der Waals surface area contributed by atoms with E-state index in [1.807, 2.05) is 18.7 Å². The predicted molar refractivity (Wildman–Crippen MR) is 79.9 cm³/mol. The minimum absolute atomic E-state index is 0.0674. The Balaban J connectivity index is 1.69. The van der Waals surface area contributed by atoms with Crippen LogP contribution in [0.1, 0.15) is 19.4 Å². The number of ether oxygens (including phenoxy) is 3. The number of aromatic amines is 1. The second-order valence-electron chi connectivity index (χ2n) is 6.51. The number of nitrogens with zero attached hydrogens (tertiary/aromatic N) is 2. The maximum absolute atomic E-state index is 12.0. The van der Waals surface area contributed by atoms with Crippen LogP contribution >= 0.6 is 0 Å². The number of hydrogen-bond acceptors (Lipinski definition) is 8. The summed E-state index contributed by atoms with van der Waals surface area (Å²) < 4.78 is 17.7. The zero-order valence-electron chi connectivity index (χ0n) is 13.0. The monoisotopic (exact) mass is 324 g/mol. The highest BCUT2D eigenvalue weighted by molar-refractivity contribution is 5.54. The van der Waals surface area contributed by atoms with Crippen molar-refractivity contribution in [1.29, 1.82) is 0 Å². The van der Waals surface area contributed by atoms with Crippen molar-refractivity contribution in [2.45, 2.75) is 50.6 Å². The molecule has 4 N–H and O–H groups in total. The Morgan fingerprint density at radius 3 is 2.91 bits per heavy atom. The van der Waals surface area contributed by atoms with Crippen LogP contribution < -0.4 is 16.2 Å². The van der Waals surface area contributed by atoms with Crippen LogP contribution in [-0.2, 0) is 20.6 Å². The van der Waals surface area contributed by atoms with Crippen molar-refractivity contribution >= 4 is 11.8 Å². The van der Waals surface area contributed by atoms with Crippen molar-refractivity contribution in [1.82, 2.24) is 9.97 Å². The molecule has 0 bridgehead atoms. The Bertz CT molecular complexity index is 690. The van der Waals surface area contributed by atoms with Crippen LogP contribution in [0.5, 0.6) is 0 Å². The maximum Gasteiger partial charge on any atom is 0.257 e. The van der Waals surface area contributed by atoms with Crippen molar-refractivity contribution in [3.63, 3.8) is 0 Å². The fourth-order valence-corrected chi connectivity index (χ4v) is 3.61. The summed E-state index contributed by atoms with van der Waals surface area (Å²) >= 11 is 0. The maximum atomic E-state index is 12.0. The van der Waals surface area contributed by atoms with Gasteiger partial charge in [0, 0.05) is 6.54 Å². The summed E-state index contributed by atoms with van der Waals surface area (Å²) in [5.74, 6) is -0.159. The van der Waals surface area contributed by atoms with Gasteiger partial charge in [0.1, 0.15) is 24.1 Å². The van der Waals surface area contributed by atoms with Gasteiger partial charge in [-0.3, -0.25) is 9.78 Å². The number of aromatic nitrogens is 2. The number of fused-ring (bicyclic) bond motifs is 2. The Labute approximate surface area is 132 Å². The highest BCUT2D eigenvalue weighted by Crippen LogP contribution is 2.41. The van der Waals surface area contributed by atoms with Gasteiger partial charge in [0.2, 0.25) is 5.95 Å². The normalized spacial score (nSPS) is 34.7. The van der Waals surface area contributed by atoms with E-state index in [1.165, 1.54) is 0 Å². The smallest absolute Gasteiger partial charge is 0.257 e. The first-order valence-electron chi connectivity index (χ1n) is 7.67. The average Bonchev–Trinajstić information content (AvgIpc) is 3.09. The third kappa shape index (κ3) is 2.23. The zero-order chi connectivity index (χ0) is 16.4. The van der Waals surface area contributed by atoms with E-state index < -0.39 is 18.1 Å². The highest BCUT2D eigenvalue weighted by atomic mass is 16.8. The number of aliphatic hydroxyl groups is 1. The van der Waals surface area contributed by atoms with Gasteiger partial charge in [-0.15, -0.1) is 0 Å². The lowest BCUT2D eigenvalue weighted by Gasteiger charge is -2.30. The van der Waals surface area contributed by atoms with Crippen LogP contribution in [0.15, 0.2) is 4.79 Å². The average molecular weight is 324 g/mol. The molecule has 1 aromatic heterocycles. The summed E-state index contributed by atoms with van der Waals surface area (Å²) in [6, 6.07) is 0. The molecule has 9 nitrogen and oxygen atoms in total. The molecule has 0 saturated carbocycles. The molecule has 4 rings (SSSR count). The molecule has 3 aliphatic rings. The van der Waals surface area contributed by atoms with Crippen LogP contribution in [0.25, 0.3) is 0 Å². The van der Waals surface area contributed by atoms with Crippen LogP contribution in [0.4, 0.5) is 11.8 Å². The van der Waals surface area contributed by atoms with E-state index >= 15 is 0 Å². The Kier molecular flexibility index (Phi) is 3.17. The van der Waals surface area contributed by atoms with Crippen molar-refractivity contribution in [2.75, 3.05) is 23.8 Å². The molecule has 126 valence electrons. The minimum Gasteiger partial charge on any atom is -0.394 e. The molecule has 0 aliphatic carbocycles. The Hall–Kier alpha value is -1.68. The lowest BCUT2D eigenvalue weighted by molar-refractivity contribution is -0.189. The summed E-state index contributed by atoms with van der Waals surface area (Å²) in [7, 11) is 0. The largest absolute Gasteiger partial charge is 0.394 e. The summed E-state index contributed by atoms with van der Waals surface area (Å²) in [5, 5.41) is 9.56. The Morgan fingerprint density at radius 1 is 1.43 bits per heavy atom. The third-order valence-electron chi connectivity index (χ3n) is 4.50. The number of anilines is 2. The summed E-state index contributed by atoms with van der Waals surface area (Å²) in [5.41, 5.74) is 6.02. The highest BCUT2D eigenvalue weighted by Gasteiger charge is 2.57. The molecular weight excluding hydrogens is 304 g/mol. The van der Waals surface area contributed by atoms with E-state index in [0.29, 0.717) is 24.3 Å². The molecule has 4 heterocycles. The number of H-pyrrole nitrogens is 1. The zero-order valence-corrected chi connectivity index (χ0v) is 13.0. The molecule has 1 aromatic rings. The van der Waals surface area contributed by atoms with Gasteiger partial charge in [0.15, 0.2) is 12.0 Å². The third-order valence-corrected chi connectivity index (χ3v) is 4.50. The van der Waals surface area contributed by atoms with Crippen LogP contribution in [0, 0.1) is 0 Å². The number of aliphatic hydroxyl groups excluding tert-OH is 1. The SMILES string of the molecule is CC1(C)O[C@@H]2[C@H](O1)[C@@H](CO)O[C@H]2N1CCc2c1nc(N)[nH]c2=O. The van der Waals surface area contributed by atoms with Gasteiger partial charge in [-0.2, -0.15) is 4.98 Å². The number of rotatable bonds is 2. The van der Waals surface area contributed by atoms with Crippen molar-refractivity contribution in [3.8, 4) is 0 Å².